The van der Waals surface area contributed by atoms with Crippen LogP contribution < -0.4 is 0 Å². The first-order chi connectivity index (χ1) is 28.5. The fraction of sp³-hybridized carbons (Fsp3) is 0.894. The van der Waals surface area contributed by atoms with Crippen molar-refractivity contribution in [2.45, 2.75) is 232 Å². The second kappa shape index (κ2) is 38.2. The smallest absolute Gasteiger partial charge is 0.312 e. The molecule has 0 aromatic heterocycles. The molecule has 0 radical (unpaired) electrons. The predicted octanol–water partition coefficient (Wildman–Crippen LogP) is 11.0. The van der Waals surface area contributed by atoms with E-state index < -0.39 is 47.9 Å². The minimum atomic E-state index is -1.39. The molecule has 0 fully saturated rings. The van der Waals surface area contributed by atoms with E-state index >= 15 is 0 Å². The number of rotatable bonds is 45. The molecule has 59 heavy (non-hydrogen) atoms. The fourth-order valence-electron chi connectivity index (χ4n) is 7.73. The van der Waals surface area contributed by atoms with E-state index in [0.29, 0.717) is 44.9 Å². The highest BCUT2D eigenvalue weighted by molar-refractivity contribution is 5.77. The lowest BCUT2D eigenvalue weighted by molar-refractivity contribution is -0.169. The summed E-state index contributed by atoms with van der Waals surface area (Å²) in [5, 5.41) is 47.4. The molecule has 1 atom stereocenters. The van der Waals surface area contributed by atoms with Crippen LogP contribution in [0.2, 0.25) is 0 Å². The summed E-state index contributed by atoms with van der Waals surface area (Å²) in [6.07, 6.45) is 30.3. The Balaban J connectivity index is 5.60. The van der Waals surface area contributed by atoms with E-state index in [1.54, 1.807) is 0 Å². The third kappa shape index (κ3) is 32.7. The molecule has 0 aliphatic carbocycles. The van der Waals surface area contributed by atoms with E-state index in [2.05, 4.69) is 6.92 Å². The van der Waals surface area contributed by atoms with Gasteiger partial charge in [0.15, 0.2) is 0 Å². The number of carboxylic acid groups (broad SMARTS) is 3. The minimum Gasteiger partial charge on any atom is -0.481 e. The van der Waals surface area contributed by atoms with Crippen molar-refractivity contribution in [2.75, 3.05) is 26.4 Å². The molecule has 346 valence electrons. The van der Waals surface area contributed by atoms with Gasteiger partial charge >= 0.3 is 29.8 Å². The number of aliphatic hydroxyl groups is 2. The highest BCUT2D eigenvalue weighted by atomic mass is 16.6. The van der Waals surface area contributed by atoms with Gasteiger partial charge in [-0.25, -0.2) is 0 Å². The summed E-state index contributed by atoms with van der Waals surface area (Å²) in [4.78, 5) is 59.4. The molecule has 0 saturated carbocycles. The van der Waals surface area contributed by atoms with Crippen LogP contribution in [-0.4, -0.2) is 81.8 Å². The molecule has 12 nitrogen and oxygen atoms in total. The first-order valence-electron chi connectivity index (χ1n) is 23.7. The van der Waals surface area contributed by atoms with Crippen molar-refractivity contribution in [1.82, 2.24) is 0 Å². The second-order valence-electron chi connectivity index (χ2n) is 17.3. The lowest BCUT2D eigenvalue weighted by atomic mass is 9.73. The van der Waals surface area contributed by atoms with E-state index in [1.165, 1.54) is 70.6 Å². The van der Waals surface area contributed by atoms with Gasteiger partial charge in [0.2, 0.25) is 0 Å². The molecule has 0 bridgehead atoms. The standard InChI is InChI=1S/C47H86O12/c1-2-3-4-5-6-7-8-9-10-11-12-15-20-27-34-47(36-29-22-17-19-24-31-42(52)53,35-28-21-16-13-14-18-23-30-41(50)51)45(57)59-40-46(37-48,38-49)39-58-44(56)33-26-25-32-43(54)55/h48-49H,2-40H2,1H3,(H,50,51)(H,52,53)(H,54,55). The number of esters is 2. The third-order valence-corrected chi connectivity index (χ3v) is 11.8. The number of hydrogen-bond acceptors (Lipinski definition) is 9. The minimum absolute atomic E-state index is 0.000944. The number of carboxylic acids is 3. The number of aliphatic hydroxyl groups excluding tert-OH is 2. The Kier molecular flexibility index (Phi) is 36.4. The van der Waals surface area contributed by atoms with Crippen LogP contribution in [0.4, 0.5) is 0 Å². The maximum Gasteiger partial charge on any atom is 0.312 e. The first-order valence-corrected chi connectivity index (χ1v) is 23.7. The molecule has 0 rings (SSSR count). The Morgan fingerprint density at radius 1 is 0.390 bits per heavy atom. The lowest BCUT2D eigenvalue weighted by Crippen LogP contribution is -2.43. The number of carbonyl (C=O) groups is 5. The average molecular weight is 843 g/mol. The normalized spacial score (nSPS) is 12.6. The topological polar surface area (TPSA) is 205 Å². The zero-order chi connectivity index (χ0) is 43.9. The van der Waals surface area contributed by atoms with E-state index in [0.717, 1.165) is 83.5 Å². The van der Waals surface area contributed by atoms with Crippen LogP contribution in [0.25, 0.3) is 0 Å². The number of hydrogen-bond donors (Lipinski definition) is 5. The van der Waals surface area contributed by atoms with Crippen molar-refractivity contribution in [3.8, 4) is 0 Å². The van der Waals surface area contributed by atoms with Gasteiger partial charge in [-0.1, -0.05) is 161 Å². The van der Waals surface area contributed by atoms with Crippen LogP contribution in [0.5, 0.6) is 0 Å². The van der Waals surface area contributed by atoms with E-state index in [4.69, 9.17) is 24.8 Å². The van der Waals surface area contributed by atoms with Crippen LogP contribution in [0.15, 0.2) is 0 Å². The Morgan fingerprint density at radius 2 is 0.678 bits per heavy atom. The van der Waals surface area contributed by atoms with Crippen molar-refractivity contribution in [3.05, 3.63) is 0 Å². The quantitative estimate of drug-likeness (QED) is 0.0287. The second-order valence-corrected chi connectivity index (χ2v) is 17.3. The molecule has 12 heteroatoms. The van der Waals surface area contributed by atoms with Crippen LogP contribution in [-0.2, 0) is 33.4 Å². The largest absolute Gasteiger partial charge is 0.481 e. The molecule has 1 unspecified atom stereocenters. The van der Waals surface area contributed by atoms with Gasteiger partial charge in [0.1, 0.15) is 13.2 Å². The van der Waals surface area contributed by atoms with Crippen molar-refractivity contribution in [3.63, 3.8) is 0 Å². The SMILES string of the molecule is CCCCCCCCCCCCCCCCC(CCCCCCCCCC(=O)O)(CCCCCCCC(=O)O)C(=O)OCC(CO)(CO)COC(=O)CCCCC(=O)O. The summed E-state index contributed by atoms with van der Waals surface area (Å²) in [5.41, 5.74) is -2.16. The third-order valence-electron chi connectivity index (χ3n) is 11.8. The molecular formula is C47H86O12. The van der Waals surface area contributed by atoms with Gasteiger partial charge in [0.25, 0.3) is 0 Å². The van der Waals surface area contributed by atoms with Gasteiger partial charge < -0.3 is 35.0 Å². The number of ether oxygens (including phenoxy) is 2. The molecule has 0 heterocycles. The lowest BCUT2D eigenvalue weighted by Gasteiger charge is -2.35. The monoisotopic (exact) mass is 843 g/mol. The highest BCUT2D eigenvalue weighted by Gasteiger charge is 2.41. The number of unbranched alkanes of at least 4 members (excludes halogenated alkanes) is 24. The summed E-state index contributed by atoms with van der Waals surface area (Å²) in [5.74, 6) is -3.45. The Labute approximate surface area is 357 Å². The fourth-order valence-corrected chi connectivity index (χ4v) is 7.73. The summed E-state index contributed by atoms with van der Waals surface area (Å²) in [6, 6.07) is 0. The van der Waals surface area contributed by atoms with Gasteiger partial charge in [0.05, 0.1) is 24.0 Å². The van der Waals surface area contributed by atoms with Gasteiger partial charge in [-0.15, -0.1) is 0 Å². The maximum absolute atomic E-state index is 14.4. The van der Waals surface area contributed by atoms with Crippen LogP contribution >= 0.6 is 0 Å². The van der Waals surface area contributed by atoms with Crippen molar-refractivity contribution in [2.24, 2.45) is 10.8 Å². The first kappa shape index (κ1) is 56.3. The average Bonchev–Trinajstić information content (AvgIpc) is 3.21. The molecule has 0 aliphatic rings. The van der Waals surface area contributed by atoms with E-state index in [-0.39, 0.29) is 44.9 Å². The van der Waals surface area contributed by atoms with Crippen molar-refractivity contribution in [1.29, 1.82) is 0 Å². The zero-order valence-corrected chi connectivity index (χ0v) is 37.2. The molecular weight excluding hydrogens is 757 g/mol. The van der Waals surface area contributed by atoms with E-state index in [9.17, 15) is 34.2 Å². The van der Waals surface area contributed by atoms with Crippen LogP contribution in [0, 0.1) is 10.8 Å². The Hall–Kier alpha value is -2.73. The molecule has 0 aromatic rings. The van der Waals surface area contributed by atoms with Gasteiger partial charge in [0, 0.05) is 25.7 Å². The number of aliphatic carboxylic acids is 3. The van der Waals surface area contributed by atoms with Gasteiger partial charge in [-0.3, -0.25) is 24.0 Å². The molecule has 0 saturated heterocycles. The maximum atomic E-state index is 14.4. The van der Waals surface area contributed by atoms with Crippen LogP contribution in [0.1, 0.15) is 232 Å². The van der Waals surface area contributed by atoms with Crippen LogP contribution in [0.3, 0.4) is 0 Å². The molecule has 5 N–H and O–H groups in total. The van der Waals surface area contributed by atoms with E-state index in [1.807, 2.05) is 0 Å². The van der Waals surface area contributed by atoms with Crippen molar-refractivity contribution < 1.29 is 59.0 Å². The molecule has 0 spiro atoms. The number of carbonyl (C=O) groups excluding carboxylic acids is 2. The summed E-state index contributed by atoms with van der Waals surface area (Å²) >= 11 is 0. The molecule has 0 aromatic carbocycles. The van der Waals surface area contributed by atoms with Crippen molar-refractivity contribution >= 4 is 29.8 Å². The van der Waals surface area contributed by atoms with Gasteiger partial charge in [-0.05, 0) is 44.9 Å². The van der Waals surface area contributed by atoms with Gasteiger partial charge in [-0.2, -0.15) is 0 Å². The predicted molar refractivity (Wildman–Crippen MR) is 231 cm³/mol. The summed E-state index contributed by atoms with van der Waals surface area (Å²) < 4.78 is 11.4. The molecule has 0 amide bonds. The zero-order valence-electron chi connectivity index (χ0n) is 37.2. The molecule has 0 aliphatic heterocycles. The Bertz CT molecular complexity index is 1080. The Morgan fingerprint density at radius 3 is 1.02 bits per heavy atom. The highest BCUT2D eigenvalue weighted by Crippen LogP contribution is 2.40. The summed E-state index contributed by atoms with van der Waals surface area (Å²) in [7, 11) is 0. The summed E-state index contributed by atoms with van der Waals surface area (Å²) in [6.45, 7) is 0.433.